The van der Waals surface area contributed by atoms with E-state index < -0.39 is 6.10 Å². The number of hydrogen-bond acceptors (Lipinski definition) is 4. The number of rotatable bonds is 3. The van der Waals surface area contributed by atoms with Crippen LogP contribution in [-0.4, -0.2) is 43.7 Å². The molecule has 0 saturated carbocycles. The van der Waals surface area contributed by atoms with E-state index in [0.717, 1.165) is 31.9 Å². The van der Waals surface area contributed by atoms with E-state index >= 15 is 0 Å². The molecule has 0 aliphatic carbocycles. The SMILES string of the molecule is CC(=O)O[C@@H](C#CCN1CCOCC1)c1ccccc1. The molecule has 1 atom stereocenters. The monoisotopic (exact) mass is 273 g/mol. The molecule has 0 radical (unpaired) electrons. The minimum absolute atomic E-state index is 0.320. The molecule has 0 bridgehead atoms. The third-order valence-corrected chi connectivity index (χ3v) is 3.03. The maximum Gasteiger partial charge on any atom is 0.304 e. The minimum atomic E-state index is -0.491. The fourth-order valence-electron chi connectivity index (χ4n) is 1.98. The molecule has 0 aromatic heterocycles. The van der Waals surface area contributed by atoms with Gasteiger partial charge in [-0.05, 0) is 0 Å². The predicted molar refractivity (Wildman–Crippen MR) is 76.0 cm³/mol. The van der Waals surface area contributed by atoms with Crippen molar-refractivity contribution in [3.05, 3.63) is 35.9 Å². The van der Waals surface area contributed by atoms with Gasteiger partial charge < -0.3 is 9.47 Å². The fraction of sp³-hybridized carbons (Fsp3) is 0.438. The third kappa shape index (κ3) is 4.69. The van der Waals surface area contributed by atoms with Crippen LogP contribution in [0.2, 0.25) is 0 Å². The van der Waals surface area contributed by atoms with E-state index in [1.807, 2.05) is 30.3 Å². The Morgan fingerprint density at radius 2 is 2.05 bits per heavy atom. The first-order chi connectivity index (χ1) is 9.75. The van der Waals surface area contributed by atoms with Gasteiger partial charge in [0.05, 0.1) is 19.8 Å². The van der Waals surface area contributed by atoms with Crippen molar-refractivity contribution < 1.29 is 14.3 Å². The van der Waals surface area contributed by atoms with Gasteiger partial charge in [-0.25, -0.2) is 0 Å². The highest BCUT2D eigenvalue weighted by atomic mass is 16.5. The first-order valence-electron chi connectivity index (χ1n) is 6.76. The summed E-state index contributed by atoms with van der Waals surface area (Å²) in [6.07, 6.45) is -0.491. The van der Waals surface area contributed by atoms with Crippen LogP contribution >= 0.6 is 0 Å². The molecule has 1 aliphatic rings. The zero-order chi connectivity index (χ0) is 14.2. The number of carbonyl (C=O) groups is 1. The molecular formula is C16H19NO3. The molecule has 0 unspecified atom stereocenters. The van der Waals surface area contributed by atoms with Gasteiger partial charge in [-0.3, -0.25) is 9.69 Å². The second-order valence-corrected chi connectivity index (χ2v) is 4.61. The Balaban J connectivity index is 1.99. The summed E-state index contributed by atoms with van der Waals surface area (Å²) in [6.45, 7) is 5.39. The molecule has 1 aromatic rings. The van der Waals surface area contributed by atoms with Crippen LogP contribution in [0.25, 0.3) is 0 Å². The number of hydrogen-bond donors (Lipinski definition) is 0. The Bertz CT molecular complexity index is 483. The van der Waals surface area contributed by atoms with E-state index in [9.17, 15) is 4.79 Å². The molecule has 0 amide bonds. The van der Waals surface area contributed by atoms with Gasteiger partial charge in [0.25, 0.3) is 0 Å². The number of esters is 1. The van der Waals surface area contributed by atoms with E-state index in [4.69, 9.17) is 9.47 Å². The summed E-state index contributed by atoms with van der Waals surface area (Å²) in [5, 5.41) is 0. The Morgan fingerprint density at radius 3 is 2.70 bits per heavy atom. The first kappa shape index (κ1) is 14.6. The van der Waals surface area contributed by atoms with E-state index in [0.29, 0.717) is 6.54 Å². The molecule has 0 spiro atoms. The molecule has 1 heterocycles. The minimum Gasteiger partial charge on any atom is -0.444 e. The summed E-state index contributed by atoms with van der Waals surface area (Å²) >= 11 is 0. The largest absolute Gasteiger partial charge is 0.444 e. The summed E-state index contributed by atoms with van der Waals surface area (Å²) in [6, 6.07) is 9.58. The Kier molecular flexibility index (Phi) is 5.60. The number of morpholine rings is 1. The lowest BCUT2D eigenvalue weighted by atomic mass is 10.1. The number of ether oxygens (including phenoxy) is 2. The van der Waals surface area contributed by atoms with Gasteiger partial charge in [-0.1, -0.05) is 42.2 Å². The topological polar surface area (TPSA) is 38.8 Å². The van der Waals surface area contributed by atoms with Crippen LogP contribution in [0, 0.1) is 11.8 Å². The summed E-state index contributed by atoms with van der Waals surface area (Å²) in [5.41, 5.74) is 0.900. The second-order valence-electron chi connectivity index (χ2n) is 4.61. The standard InChI is InChI=1S/C16H19NO3/c1-14(18)20-16(15-6-3-2-4-7-15)8-5-9-17-10-12-19-13-11-17/h2-4,6-7,16H,9-13H2,1H3/t16-/m0/s1. The van der Waals surface area contributed by atoms with Crippen molar-refractivity contribution in [2.45, 2.75) is 13.0 Å². The summed E-state index contributed by atoms with van der Waals surface area (Å²) in [5.74, 6) is 5.82. The molecule has 1 fully saturated rings. The predicted octanol–water partition coefficient (Wildman–Crippen LogP) is 1.63. The smallest absolute Gasteiger partial charge is 0.304 e. The van der Waals surface area contributed by atoms with Gasteiger partial charge in [0.2, 0.25) is 0 Å². The zero-order valence-corrected chi connectivity index (χ0v) is 11.7. The highest BCUT2D eigenvalue weighted by Gasteiger charge is 2.12. The van der Waals surface area contributed by atoms with Crippen LogP contribution in [0.1, 0.15) is 18.6 Å². The maximum atomic E-state index is 11.2. The van der Waals surface area contributed by atoms with E-state index in [1.54, 1.807) is 0 Å². The third-order valence-electron chi connectivity index (χ3n) is 3.03. The normalized spacial score (nSPS) is 16.9. The maximum absolute atomic E-state index is 11.2. The molecule has 1 aromatic carbocycles. The lowest BCUT2D eigenvalue weighted by molar-refractivity contribution is -0.144. The fourth-order valence-corrected chi connectivity index (χ4v) is 1.98. The molecular weight excluding hydrogens is 254 g/mol. The van der Waals surface area contributed by atoms with Gasteiger partial charge in [-0.15, -0.1) is 0 Å². The van der Waals surface area contributed by atoms with E-state index in [1.165, 1.54) is 6.92 Å². The average Bonchev–Trinajstić information content (AvgIpc) is 2.48. The van der Waals surface area contributed by atoms with Gasteiger partial charge >= 0.3 is 5.97 Å². The van der Waals surface area contributed by atoms with E-state index in [2.05, 4.69) is 16.7 Å². The van der Waals surface area contributed by atoms with Gasteiger partial charge in [0.15, 0.2) is 6.10 Å². The van der Waals surface area contributed by atoms with Crippen LogP contribution in [0.5, 0.6) is 0 Å². The molecule has 4 heteroatoms. The van der Waals surface area contributed by atoms with Crippen LogP contribution in [0.15, 0.2) is 30.3 Å². The number of benzene rings is 1. The summed E-state index contributed by atoms with van der Waals surface area (Å²) in [7, 11) is 0. The van der Waals surface area contributed by atoms with Crippen molar-refractivity contribution in [2.75, 3.05) is 32.8 Å². The second kappa shape index (κ2) is 7.68. The number of nitrogens with zero attached hydrogens (tertiary/aromatic N) is 1. The Morgan fingerprint density at radius 1 is 1.35 bits per heavy atom. The molecule has 106 valence electrons. The molecule has 20 heavy (non-hydrogen) atoms. The molecule has 1 aliphatic heterocycles. The van der Waals surface area contributed by atoms with Crippen molar-refractivity contribution in [3.63, 3.8) is 0 Å². The highest BCUT2D eigenvalue weighted by Crippen LogP contribution is 2.16. The van der Waals surface area contributed by atoms with Crippen LogP contribution in [0.4, 0.5) is 0 Å². The van der Waals surface area contributed by atoms with Crippen LogP contribution < -0.4 is 0 Å². The quantitative estimate of drug-likeness (QED) is 0.620. The van der Waals surface area contributed by atoms with Crippen molar-refractivity contribution in [3.8, 4) is 11.8 Å². The van der Waals surface area contributed by atoms with E-state index in [-0.39, 0.29) is 5.97 Å². The average molecular weight is 273 g/mol. The van der Waals surface area contributed by atoms with Crippen molar-refractivity contribution in [2.24, 2.45) is 0 Å². The lowest BCUT2D eigenvalue weighted by Gasteiger charge is -2.24. The Labute approximate surface area is 119 Å². The number of carbonyl (C=O) groups excluding carboxylic acids is 1. The van der Waals surface area contributed by atoms with Crippen molar-refractivity contribution >= 4 is 5.97 Å². The summed E-state index contributed by atoms with van der Waals surface area (Å²) in [4.78, 5) is 13.4. The Hall–Kier alpha value is -1.83. The lowest BCUT2D eigenvalue weighted by Crippen LogP contribution is -2.36. The van der Waals surface area contributed by atoms with Crippen molar-refractivity contribution in [1.29, 1.82) is 0 Å². The van der Waals surface area contributed by atoms with Crippen LogP contribution in [0.3, 0.4) is 0 Å². The zero-order valence-electron chi connectivity index (χ0n) is 11.7. The van der Waals surface area contributed by atoms with Gasteiger partial charge in [0.1, 0.15) is 0 Å². The summed E-state index contributed by atoms with van der Waals surface area (Å²) < 4.78 is 10.6. The first-order valence-corrected chi connectivity index (χ1v) is 6.76. The molecule has 0 N–H and O–H groups in total. The van der Waals surface area contributed by atoms with Gasteiger partial charge in [0, 0.05) is 25.6 Å². The van der Waals surface area contributed by atoms with Crippen molar-refractivity contribution in [1.82, 2.24) is 4.90 Å². The molecule has 2 rings (SSSR count). The van der Waals surface area contributed by atoms with Crippen LogP contribution in [-0.2, 0) is 14.3 Å². The molecule has 4 nitrogen and oxygen atoms in total. The molecule has 1 saturated heterocycles. The van der Waals surface area contributed by atoms with Gasteiger partial charge in [-0.2, -0.15) is 0 Å². The highest BCUT2D eigenvalue weighted by molar-refractivity contribution is 5.66.